The van der Waals surface area contributed by atoms with Gasteiger partial charge in [0.2, 0.25) is 5.91 Å². The molecule has 1 aliphatic heterocycles. The summed E-state index contributed by atoms with van der Waals surface area (Å²) in [6.07, 6.45) is 0.872. The van der Waals surface area contributed by atoms with Crippen LogP contribution in [0.5, 0.6) is 5.75 Å². The molecule has 2 amide bonds. The maximum atomic E-state index is 12.9. The number of benzene rings is 3. The first kappa shape index (κ1) is 19.7. The summed E-state index contributed by atoms with van der Waals surface area (Å²) in [5, 5.41) is 6.13. The molecule has 0 fully saturated rings. The second-order valence-electron chi connectivity index (χ2n) is 7.30. The lowest BCUT2D eigenvalue weighted by molar-refractivity contribution is -0.122. The third-order valence-electron chi connectivity index (χ3n) is 5.23. The summed E-state index contributed by atoms with van der Waals surface area (Å²) < 4.78 is 5.68. The second kappa shape index (κ2) is 9.27. The molecule has 4 rings (SSSR count). The van der Waals surface area contributed by atoms with E-state index in [1.54, 1.807) is 12.1 Å². The minimum absolute atomic E-state index is 0.0938. The zero-order valence-electron chi connectivity index (χ0n) is 16.6. The van der Waals surface area contributed by atoms with Crippen molar-refractivity contribution in [1.29, 1.82) is 0 Å². The smallest absolute Gasteiger partial charge is 0.251 e. The van der Waals surface area contributed by atoms with Gasteiger partial charge >= 0.3 is 0 Å². The number of nitrogens with one attached hydrogen (secondary N) is 2. The number of carbonyl (C=O) groups excluding carboxylic acids is 2. The SMILES string of the molecule is O=C(C[C@@H](NC(=O)c1ccccc1)c1ccccc1)N[C@@H]1CCOc2ccccc21. The topological polar surface area (TPSA) is 67.4 Å². The number of amides is 2. The van der Waals surface area contributed by atoms with Crippen LogP contribution < -0.4 is 15.4 Å². The average Bonchev–Trinajstić information content (AvgIpc) is 2.80. The Balaban J connectivity index is 1.48. The molecule has 152 valence electrons. The van der Waals surface area contributed by atoms with Crippen molar-refractivity contribution < 1.29 is 14.3 Å². The van der Waals surface area contributed by atoms with Crippen LogP contribution in [0.4, 0.5) is 0 Å². The summed E-state index contributed by atoms with van der Waals surface area (Å²) in [5.74, 6) is 0.499. The standard InChI is InChI=1S/C25H24N2O3/c28-24(26-21-15-16-30-23-14-8-7-13-20(21)23)17-22(18-9-3-1-4-10-18)27-25(29)19-11-5-2-6-12-19/h1-14,21-22H,15-17H2,(H,26,28)(H,27,29)/t21-,22-/m1/s1. The molecule has 0 aliphatic carbocycles. The maximum Gasteiger partial charge on any atom is 0.251 e. The van der Waals surface area contributed by atoms with E-state index in [1.165, 1.54) is 0 Å². The Labute approximate surface area is 176 Å². The van der Waals surface area contributed by atoms with Gasteiger partial charge in [-0.1, -0.05) is 66.7 Å². The molecule has 5 heteroatoms. The highest BCUT2D eigenvalue weighted by Crippen LogP contribution is 2.31. The van der Waals surface area contributed by atoms with Crippen molar-refractivity contribution >= 4 is 11.8 Å². The van der Waals surface area contributed by atoms with Gasteiger partial charge in [0, 0.05) is 17.5 Å². The Morgan fingerprint density at radius 2 is 1.57 bits per heavy atom. The first-order valence-corrected chi connectivity index (χ1v) is 10.1. The minimum atomic E-state index is -0.422. The van der Waals surface area contributed by atoms with Crippen molar-refractivity contribution in [3.63, 3.8) is 0 Å². The summed E-state index contributed by atoms with van der Waals surface area (Å²) in [4.78, 5) is 25.6. The molecule has 3 aromatic rings. The van der Waals surface area contributed by atoms with Gasteiger partial charge in [0.15, 0.2) is 0 Å². The summed E-state index contributed by atoms with van der Waals surface area (Å²) in [6.45, 7) is 0.564. The van der Waals surface area contributed by atoms with E-state index in [2.05, 4.69) is 10.6 Å². The molecule has 2 N–H and O–H groups in total. The number of para-hydroxylation sites is 1. The Hall–Kier alpha value is -3.60. The fraction of sp³-hybridized carbons (Fsp3) is 0.200. The Morgan fingerprint density at radius 3 is 2.33 bits per heavy atom. The van der Waals surface area contributed by atoms with Crippen LogP contribution in [0.25, 0.3) is 0 Å². The van der Waals surface area contributed by atoms with Gasteiger partial charge < -0.3 is 15.4 Å². The lowest BCUT2D eigenvalue weighted by atomic mass is 9.99. The minimum Gasteiger partial charge on any atom is -0.493 e. The molecule has 0 radical (unpaired) electrons. The maximum absolute atomic E-state index is 12.9. The fourth-order valence-corrected chi connectivity index (χ4v) is 3.70. The summed E-state index contributed by atoms with van der Waals surface area (Å²) in [5.41, 5.74) is 2.45. The van der Waals surface area contributed by atoms with Crippen LogP contribution in [-0.4, -0.2) is 18.4 Å². The first-order chi connectivity index (χ1) is 14.7. The van der Waals surface area contributed by atoms with Gasteiger partial charge in [-0.15, -0.1) is 0 Å². The monoisotopic (exact) mass is 400 g/mol. The zero-order chi connectivity index (χ0) is 20.8. The van der Waals surface area contributed by atoms with E-state index >= 15 is 0 Å². The third kappa shape index (κ3) is 4.69. The lowest BCUT2D eigenvalue weighted by Crippen LogP contribution is -2.36. The normalized spacial score (nSPS) is 15.9. The average molecular weight is 400 g/mol. The van der Waals surface area contributed by atoms with Crippen LogP contribution in [0.3, 0.4) is 0 Å². The van der Waals surface area contributed by atoms with Crippen LogP contribution in [0.2, 0.25) is 0 Å². The molecular formula is C25H24N2O3. The molecule has 0 unspecified atom stereocenters. The van der Waals surface area contributed by atoms with Gasteiger partial charge in [-0.25, -0.2) is 0 Å². The number of hydrogen-bond donors (Lipinski definition) is 2. The second-order valence-corrected chi connectivity index (χ2v) is 7.30. The van der Waals surface area contributed by atoms with Gasteiger partial charge in [0.25, 0.3) is 5.91 Å². The van der Waals surface area contributed by atoms with E-state index in [-0.39, 0.29) is 24.3 Å². The molecule has 2 atom stereocenters. The molecule has 3 aromatic carbocycles. The fourth-order valence-electron chi connectivity index (χ4n) is 3.70. The van der Waals surface area contributed by atoms with Crippen molar-refractivity contribution in [3.05, 3.63) is 102 Å². The van der Waals surface area contributed by atoms with E-state index in [1.807, 2.05) is 72.8 Å². The Kier molecular flexibility index (Phi) is 6.09. The highest BCUT2D eigenvalue weighted by molar-refractivity contribution is 5.94. The van der Waals surface area contributed by atoms with E-state index in [9.17, 15) is 9.59 Å². The predicted octanol–water partition coefficient (Wildman–Crippen LogP) is 4.19. The Bertz CT molecular complexity index is 1010. The molecule has 0 bridgehead atoms. The van der Waals surface area contributed by atoms with Gasteiger partial charge in [-0.3, -0.25) is 9.59 Å². The molecule has 0 aromatic heterocycles. The van der Waals surface area contributed by atoms with E-state index in [4.69, 9.17) is 4.74 Å². The molecule has 0 spiro atoms. The molecule has 1 heterocycles. The van der Waals surface area contributed by atoms with Crippen molar-refractivity contribution in [2.45, 2.75) is 24.9 Å². The first-order valence-electron chi connectivity index (χ1n) is 10.1. The highest BCUT2D eigenvalue weighted by Gasteiger charge is 2.25. The van der Waals surface area contributed by atoms with Gasteiger partial charge in [0.05, 0.1) is 25.1 Å². The predicted molar refractivity (Wildman–Crippen MR) is 115 cm³/mol. The van der Waals surface area contributed by atoms with E-state index in [0.29, 0.717) is 12.2 Å². The van der Waals surface area contributed by atoms with E-state index in [0.717, 1.165) is 23.3 Å². The van der Waals surface area contributed by atoms with Crippen LogP contribution >= 0.6 is 0 Å². The van der Waals surface area contributed by atoms with Gasteiger partial charge in [0.1, 0.15) is 5.75 Å². The van der Waals surface area contributed by atoms with Gasteiger partial charge in [-0.05, 0) is 23.8 Å². The molecule has 30 heavy (non-hydrogen) atoms. The number of carbonyl (C=O) groups is 2. The van der Waals surface area contributed by atoms with Crippen molar-refractivity contribution in [3.8, 4) is 5.75 Å². The molecule has 0 saturated heterocycles. The van der Waals surface area contributed by atoms with Gasteiger partial charge in [-0.2, -0.15) is 0 Å². The largest absolute Gasteiger partial charge is 0.493 e. The molecule has 1 aliphatic rings. The third-order valence-corrected chi connectivity index (χ3v) is 5.23. The quantitative estimate of drug-likeness (QED) is 0.652. The molecule has 0 saturated carbocycles. The summed E-state index contributed by atoms with van der Waals surface area (Å²) in [6, 6.07) is 25.9. The highest BCUT2D eigenvalue weighted by atomic mass is 16.5. The lowest BCUT2D eigenvalue weighted by Gasteiger charge is -2.27. The van der Waals surface area contributed by atoms with Crippen molar-refractivity contribution in [1.82, 2.24) is 10.6 Å². The summed E-state index contributed by atoms with van der Waals surface area (Å²) in [7, 11) is 0. The van der Waals surface area contributed by atoms with Crippen LogP contribution in [0.15, 0.2) is 84.9 Å². The molecule has 5 nitrogen and oxygen atoms in total. The van der Waals surface area contributed by atoms with E-state index < -0.39 is 6.04 Å². The van der Waals surface area contributed by atoms with Crippen LogP contribution in [0, 0.1) is 0 Å². The number of hydrogen-bond acceptors (Lipinski definition) is 3. The zero-order valence-corrected chi connectivity index (χ0v) is 16.6. The van der Waals surface area contributed by atoms with Crippen molar-refractivity contribution in [2.75, 3.05) is 6.61 Å². The number of ether oxygens (including phenoxy) is 1. The number of rotatable bonds is 6. The Morgan fingerprint density at radius 1 is 0.900 bits per heavy atom. The van der Waals surface area contributed by atoms with Crippen LogP contribution in [-0.2, 0) is 4.79 Å². The summed E-state index contributed by atoms with van der Waals surface area (Å²) >= 11 is 0. The van der Waals surface area contributed by atoms with Crippen LogP contribution in [0.1, 0.15) is 46.4 Å². The van der Waals surface area contributed by atoms with Crippen molar-refractivity contribution in [2.24, 2.45) is 0 Å². The number of fused-ring (bicyclic) bond motifs is 1. The molecular weight excluding hydrogens is 376 g/mol.